The first-order chi connectivity index (χ1) is 14.7. The standard InChI is InChI=1S/C23H27N5O2/c1-2-27(17-21-9-6-14-30-21)23(29)25-15-19-16-28(20-7-4-3-5-8-20)26-22(19)18-10-12-24-13-11-18/h3-5,7-8,10-13,16,21H,2,6,9,14-15,17H2,1H3,(H,25,29). The third kappa shape index (κ3) is 4.68. The lowest BCUT2D eigenvalue weighted by molar-refractivity contribution is 0.0826. The van der Waals surface area contributed by atoms with Crippen LogP contribution in [0.2, 0.25) is 0 Å². The fraction of sp³-hybridized carbons (Fsp3) is 0.348. The van der Waals surface area contributed by atoms with Crippen LogP contribution < -0.4 is 5.32 Å². The van der Waals surface area contributed by atoms with Crippen molar-refractivity contribution in [1.29, 1.82) is 0 Å². The molecule has 1 unspecified atom stereocenters. The van der Waals surface area contributed by atoms with Crippen LogP contribution in [0.15, 0.2) is 61.1 Å². The topological polar surface area (TPSA) is 72.3 Å². The van der Waals surface area contributed by atoms with Gasteiger partial charge in [0.05, 0.1) is 17.5 Å². The normalized spacial score (nSPS) is 15.8. The summed E-state index contributed by atoms with van der Waals surface area (Å²) >= 11 is 0. The molecule has 3 aromatic rings. The number of hydrogen-bond acceptors (Lipinski definition) is 4. The molecule has 2 amide bonds. The molecule has 1 aromatic carbocycles. The summed E-state index contributed by atoms with van der Waals surface area (Å²) in [5.41, 5.74) is 3.73. The molecule has 0 radical (unpaired) electrons. The zero-order chi connectivity index (χ0) is 20.8. The summed E-state index contributed by atoms with van der Waals surface area (Å²) in [7, 11) is 0. The number of pyridine rings is 1. The van der Waals surface area contributed by atoms with Crippen LogP contribution in [0.3, 0.4) is 0 Å². The van der Waals surface area contributed by atoms with E-state index in [2.05, 4.69) is 10.3 Å². The number of hydrogen-bond donors (Lipinski definition) is 1. The molecule has 7 heteroatoms. The van der Waals surface area contributed by atoms with Crippen molar-refractivity contribution in [3.63, 3.8) is 0 Å². The van der Waals surface area contributed by atoms with E-state index in [0.29, 0.717) is 19.6 Å². The molecule has 2 aromatic heterocycles. The molecule has 1 atom stereocenters. The van der Waals surface area contributed by atoms with Gasteiger partial charge in [-0.2, -0.15) is 5.10 Å². The van der Waals surface area contributed by atoms with Crippen molar-refractivity contribution >= 4 is 6.03 Å². The number of ether oxygens (including phenoxy) is 1. The molecule has 1 aliphatic rings. The summed E-state index contributed by atoms with van der Waals surface area (Å²) in [6.45, 7) is 4.45. The molecule has 1 fully saturated rings. The largest absolute Gasteiger partial charge is 0.376 e. The molecule has 1 N–H and O–H groups in total. The number of likely N-dealkylation sites (N-methyl/N-ethyl adjacent to an activating group) is 1. The Morgan fingerprint density at radius 2 is 2.03 bits per heavy atom. The van der Waals surface area contributed by atoms with Crippen molar-refractivity contribution in [2.75, 3.05) is 19.7 Å². The molecule has 0 spiro atoms. The Morgan fingerprint density at radius 3 is 2.73 bits per heavy atom. The third-order valence-corrected chi connectivity index (χ3v) is 5.31. The molecular weight excluding hydrogens is 378 g/mol. The average Bonchev–Trinajstić information content (AvgIpc) is 3.47. The van der Waals surface area contributed by atoms with Crippen molar-refractivity contribution in [2.45, 2.75) is 32.4 Å². The molecule has 1 saturated heterocycles. The van der Waals surface area contributed by atoms with Crippen LogP contribution in [-0.2, 0) is 11.3 Å². The number of benzene rings is 1. The van der Waals surface area contributed by atoms with Crippen LogP contribution in [0.25, 0.3) is 16.9 Å². The Balaban J connectivity index is 1.52. The number of para-hydroxylation sites is 1. The SMILES string of the molecule is CCN(CC1CCCO1)C(=O)NCc1cn(-c2ccccc2)nc1-c1ccncc1. The first kappa shape index (κ1) is 20.1. The van der Waals surface area contributed by atoms with E-state index in [4.69, 9.17) is 9.84 Å². The van der Waals surface area contributed by atoms with Crippen molar-refractivity contribution in [3.05, 3.63) is 66.6 Å². The molecule has 30 heavy (non-hydrogen) atoms. The van der Waals surface area contributed by atoms with Gasteiger partial charge in [-0.3, -0.25) is 4.98 Å². The van der Waals surface area contributed by atoms with Crippen molar-refractivity contribution in [2.24, 2.45) is 0 Å². The van der Waals surface area contributed by atoms with E-state index in [1.54, 1.807) is 12.4 Å². The number of urea groups is 1. The summed E-state index contributed by atoms with van der Waals surface area (Å²) in [5, 5.41) is 7.84. The fourth-order valence-electron chi connectivity index (χ4n) is 3.68. The molecule has 3 heterocycles. The maximum atomic E-state index is 12.8. The molecule has 0 aliphatic carbocycles. The molecule has 1 aliphatic heterocycles. The average molecular weight is 406 g/mol. The number of amides is 2. The number of nitrogens with zero attached hydrogens (tertiary/aromatic N) is 4. The van der Waals surface area contributed by atoms with Gasteiger partial charge in [0, 0.05) is 56.0 Å². The first-order valence-electron chi connectivity index (χ1n) is 10.4. The maximum absolute atomic E-state index is 12.8. The van der Waals surface area contributed by atoms with Crippen molar-refractivity contribution < 1.29 is 9.53 Å². The second-order valence-electron chi connectivity index (χ2n) is 7.35. The van der Waals surface area contributed by atoms with Crippen LogP contribution in [-0.4, -0.2) is 51.5 Å². The monoisotopic (exact) mass is 405 g/mol. The highest BCUT2D eigenvalue weighted by Gasteiger charge is 2.22. The van der Waals surface area contributed by atoms with Gasteiger partial charge in [0.25, 0.3) is 0 Å². The van der Waals surface area contributed by atoms with E-state index in [-0.39, 0.29) is 12.1 Å². The van der Waals surface area contributed by atoms with Gasteiger partial charge in [0.15, 0.2) is 0 Å². The number of carbonyl (C=O) groups excluding carboxylic acids is 1. The number of nitrogens with one attached hydrogen (secondary N) is 1. The third-order valence-electron chi connectivity index (χ3n) is 5.31. The summed E-state index contributed by atoms with van der Waals surface area (Å²) in [6.07, 6.45) is 7.70. The molecule has 0 bridgehead atoms. The molecule has 7 nitrogen and oxygen atoms in total. The lowest BCUT2D eigenvalue weighted by atomic mass is 10.1. The minimum absolute atomic E-state index is 0.0823. The zero-order valence-corrected chi connectivity index (χ0v) is 17.2. The summed E-state index contributed by atoms with van der Waals surface area (Å²) in [6, 6.07) is 13.7. The van der Waals surface area contributed by atoms with Crippen molar-refractivity contribution in [1.82, 2.24) is 25.0 Å². The quantitative estimate of drug-likeness (QED) is 0.651. The Hall–Kier alpha value is -3.19. The predicted octanol–water partition coefficient (Wildman–Crippen LogP) is 3.64. The van der Waals surface area contributed by atoms with Crippen LogP contribution >= 0.6 is 0 Å². The van der Waals surface area contributed by atoms with Crippen molar-refractivity contribution in [3.8, 4) is 16.9 Å². The number of rotatable bonds is 7. The van der Waals surface area contributed by atoms with Gasteiger partial charge in [0.2, 0.25) is 0 Å². The highest BCUT2D eigenvalue weighted by Crippen LogP contribution is 2.23. The van der Waals surface area contributed by atoms with E-state index in [0.717, 1.165) is 42.0 Å². The van der Waals surface area contributed by atoms with E-state index >= 15 is 0 Å². The second-order valence-corrected chi connectivity index (χ2v) is 7.35. The Morgan fingerprint density at radius 1 is 1.23 bits per heavy atom. The van der Waals surface area contributed by atoms with E-state index in [9.17, 15) is 4.79 Å². The predicted molar refractivity (Wildman–Crippen MR) is 115 cm³/mol. The lowest BCUT2D eigenvalue weighted by Crippen LogP contribution is -2.43. The minimum atomic E-state index is -0.0823. The second kappa shape index (κ2) is 9.54. The van der Waals surface area contributed by atoms with Gasteiger partial charge in [-0.1, -0.05) is 18.2 Å². The van der Waals surface area contributed by atoms with Gasteiger partial charge in [-0.05, 0) is 44.0 Å². The minimum Gasteiger partial charge on any atom is -0.376 e. The molecule has 156 valence electrons. The highest BCUT2D eigenvalue weighted by atomic mass is 16.5. The van der Waals surface area contributed by atoms with E-state index in [1.807, 2.05) is 65.2 Å². The fourth-order valence-corrected chi connectivity index (χ4v) is 3.68. The van der Waals surface area contributed by atoms with E-state index < -0.39 is 0 Å². The van der Waals surface area contributed by atoms with Gasteiger partial charge in [0.1, 0.15) is 0 Å². The Labute approximate surface area is 176 Å². The van der Waals surface area contributed by atoms with Crippen LogP contribution in [0.1, 0.15) is 25.3 Å². The van der Waals surface area contributed by atoms with Crippen LogP contribution in [0, 0.1) is 0 Å². The first-order valence-corrected chi connectivity index (χ1v) is 10.4. The molecule has 0 saturated carbocycles. The van der Waals surface area contributed by atoms with Gasteiger partial charge in [-0.15, -0.1) is 0 Å². The number of carbonyl (C=O) groups is 1. The highest BCUT2D eigenvalue weighted by molar-refractivity contribution is 5.74. The summed E-state index contributed by atoms with van der Waals surface area (Å²) in [4.78, 5) is 18.7. The Kier molecular flexibility index (Phi) is 6.39. The van der Waals surface area contributed by atoms with Gasteiger partial charge < -0.3 is 15.0 Å². The van der Waals surface area contributed by atoms with Crippen LogP contribution in [0.5, 0.6) is 0 Å². The van der Waals surface area contributed by atoms with Gasteiger partial charge in [-0.25, -0.2) is 9.48 Å². The van der Waals surface area contributed by atoms with E-state index in [1.165, 1.54) is 0 Å². The zero-order valence-electron chi connectivity index (χ0n) is 17.2. The number of aromatic nitrogens is 3. The summed E-state index contributed by atoms with van der Waals surface area (Å²) in [5.74, 6) is 0. The van der Waals surface area contributed by atoms with Crippen LogP contribution in [0.4, 0.5) is 4.79 Å². The Bertz CT molecular complexity index is 952. The lowest BCUT2D eigenvalue weighted by Gasteiger charge is -2.24. The summed E-state index contributed by atoms with van der Waals surface area (Å²) < 4.78 is 7.53. The van der Waals surface area contributed by atoms with Gasteiger partial charge >= 0.3 is 6.03 Å². The maximum Gasteiger partial charge on any atom is 0.317 e. The smallest absolute Gasteiger partial charge is 0.317 e. The molecular formula is C23H27N5O2. The molecule has 4 rings (SSSR count).